The lowest BCUT2D eigenvalue weighted by Gasteiger charge is -2.11. The Morgan fingerprint density at radius 2 is 2.12 bits per heavy atom. The maximum atomic E-state index is 5.70. The number of benzene rings is 1. The van der Waals surface area contributed by atoms with Gasteiger partial charge >= 0.3 is 0 Å². The standard InChI is InChI=1S/C13H14N2O2/c1-16-12-5-4-11(14)7-13(12)17-9-10-3-2-6-15-8-10/h2-8H,9,14H2,1H3. The van der Waals surface area contributed by atoms with Crippen LogP contribution in [-0.2, 0) is 6.61 Å². The van der Waals surface area contributed by atoms with Crippen LogP contribution < -0.4 is 15.2 Å². The van der Waals surface area contributed by atoms with Gasteiger partial charge in [0.1, 0.15) is 6.61 Å². The van der Waals surface area contributed by atoms with Gasteiger partial charge in [-0.1, -0.05) is 6.07 Å². The van der Waals surface area contributed by atoms with Gasteiger partial charge in [-0.05, 0) is 18.2 Å². The van der Waals surface area contributed by atoms with Crippen molar-refractivity contribution in [2.24, 2.45) is 0 Å². The van der Waals surface area contributed by atoms with Gasteiger partial charge in [0.25, 0.3) is 0 Å². The highest BCUT2D eigenvalue weighted by Crippen LogP contribution is 2.29. The number of rotatable bonds is 4. The number of ether oxygens (including phenoxy) is 2. The third-order valence-corrected chi connectivity index (χ3v) is 2.30. The summed E-state index contributed by atoms with van der Waals surface area (Å²) in [5.74, 6) is 1.31. The molecule has 1 aromatic heterocycles. The molecule has 17 heavy (non-hydrogen) atoms. The van der Waals surface area contributed by atoms with Crippen LogP contribution in [-0.4, -0.2) is 12.1 Å². The minimum atomic E-state index is 0.438. The lowest BCUT2D eigenvalue weighted by molar-refractivity contribution is 0.284. The molecule has 0 spiro atoms. The quantitative estimate of drug-likeness (QED) is 0.818. The van der Waals surface area contributed by atoms with E-state index in [9.17, 15) is 0 Å². The van der Waals surface area contributed by atoms with Gasteiger partial charge in [0.2, 0.25) is 0 Å². The molecule has 2 N–H and O–H groups in total. The van der Waals surface area contributed by atoms with Gasteiger partial charge in [-0.2, -0.15) is 0 Å². The van der Waals surface area contributed by atoms with E-state index in [4.69, 9.17) is 15.2 Å². The van der Waals surface area contributed by atoms with Crippen LogP contribution in [0.2, 0.25) is 0 Å². The van der Waals surface area contributed by atoms with Crippen LogP contribution in [0.3, 0.4) is 0 Å². The first kappa shape index (κ1) is 11.3. The van der Waals surface area contributed by atoms with Crippen molar-refractivity contribution >= 4 is 5.69 Å². The largest absolute Gasteiger partial charge is 0.493 e. The summed E-state index contributed by atoms with van der Waals surface area (Å²) in [6.07, 6.45) is 3.49. The fourth-order valence-corrected chi connectivity index (χ4v) is 1.45. The van der Waals surface area contributed by atoms with Crippen molar-refractivity contribution in [2.45, 2.75) is 6.61 Å². The first-order valence-corrected chi connectivity index (χ1v) is 5.25. The molecule has 0 saturated carbocycles. The number of nitrogen functional groups attached to an aromatic ring is 1. The number of aromatic nitrogens is 1. The second-order valence-corrected chi connectivity index (χ2v) is 3.56. The van der Waals surface area contributed by atoms with Crippen LogP contribution in [0.1, 0.15) is 5.56 Å². The first-order chi connectivity index (χ1) is 8.29. The predicted molar refractivity (Wildman–Crippen MR) is 66.0 cm³/mol. The Kier molecular flexibility index (Phi) is 3.45. The van der Waals surface area contributed by atoms with E-state index >= 15 is 0 Å². The summed E-state index contributed by atoms with van der Waals surface area (Å²) in [7, 11) is 1.60. The SMILES string of the molecule is COc1ccc(N)cc1OCc1cccnc1. The highest BCUT2D eigenvalue weighted by Gasteiger charge is 2.04. The van der Waals surface area contributed by atoms with Crippen molar-refractivity contribution in [3.63, 3.8) is 0 Å². The van der Waals surface area contributed by atoms with Crippen LogP contribution in [0.4, 0.5) is 5.69 Å². The Balaban J connectivity index is 2.11. The Labute approximate surface area is 100 Å². The zero-order valence-electron chi connectivity index (χ0n) is 9.59. The van der Waals surface area contributed by atoms with E-state index in [0.29, 0.717) is 23.8 Å². The Bertz CT molecular complexity index is 486. The Hall–Kier alpha value is -2.23. The van der Waals surface area contributed by atoms with E-state index < -0.39 is 0 Å². The number of hydrogen-bond acceptors (Lipinski definition) is 4. The number of nitrogens with zero attached hydrogens (tertiary/aromatic N) is 1. The molecule has 88 valence electrons. The fraction of sp³-hybridized carbons (Fsp3) is 0.154. The first-order valence-electron chi connectivity index (χ1n) is 5.25. The molecule has 0 aliphatic carbocycles. The molecular formula is C13H14N2O2. The van der Waals surface area contributed by atoms with Gasteiger partial charge in [-0.25, -0.2) is 0 Å². The third kappa shape index (κ3) is 2.87. The van der Waals surface area contributed by atoms with E-state index in [-0.39, 0.29) is 0 Å². The topological polar surface area (TPSA) is 57.4 Å². The average Bonchev–Trinajstić information content (AvgIpc) is 2.38. The van der Waals surface area contributed by atoms with Crippen molar-refractivity contribution < 1.29 is 9.47 Å². The smallest absolute Gasteiger partial charge is 0.163 e. The maximum absolute atomic E-state index is 5.70. The van der Waals surface area contributed by atoms with Crippen molar-refractivity contribution in [2.75, 3.05) is 12.8 Å². The summed E-state index contributed by atoms with van der Waals surface area (Å²) in [6, 6.07) is 9.12. The van der Waals surface area contributed by atoms with Crippen LogP contribution in [0.15, 0.2) is 42.7 Å². The van der Waals surface area contributed by atoms with E-state index in [1.165, 1.54) is 0 Å². The molecule has 0 aliphatic heterocycles. The van der Waals surface area contributed by atoms with E-state index in [0.717, 1.165) is 5.56 Å². The van der Waals surface area contributed by atoms with Gasteiger partial charge in [-0.15, -0.1) is 0 Å². The Morgan fingerprint density at radius 3 is 2.82 bits per heavy atom. The molecular weight excluding hydrogens is 216 g/mol. The molecule has 0 atom stereocenters. The maximum Gasteiger partial charge on any atom is 0.163 e. The molecule has 2 aromatic rings. The lowest BCUT2D eigenvalue weighted by Crippen LogP contribution is -1.98. The second-order valence-electron chi connectivity index (χ2n) is 3.56. The highest BCUT2D eigenvalue weighted by atomic mass is 16.5. The van der Waals surface area contributed by atoms with E-state index in [1.54, 1.807) is 37.7 Å². The predicted octanol–water partition coefficient (Wildman–Crippen LogP) is 2.25. The number of hydrogen-bond donors (Lipinski definition) is 1. The molecule has 4 nitrogen and oxygen atoms in total. The molecule has 0 amide bonds. The van der Waals surface area contributed by atoms with Crippen LogP contribution in [0, 0.1) is 0 Å². The summed E-state index contributed by atoms with van der Waals surface area (Å²) in [5, 5.41) is 0. The molecule has 0 fully saturated rings. The molecule has 0 saturated heterocycles. The highest BCUT2D eigenvalue weighted by molar-refractivity contribution is 5.51. The van der Waals surface area contributed by atoms with Crippen LogP contribution in [0.5, 0.6) is 11.5 Å². The Morgan fingerprint density at radius 1 is 1.24 bits per heavy atom. The summed E-state index contributed by atoms with van der Waals surface area (Å²) in [4.78, 5) is 4.02. The van der Waals surface area contributed by atoms with Crippen LogP contribution in [0.25, 0.3) is 0 Å². The minimum absolute atomic E-state index is 0.438. The average molecular weight is 230 g/mol. The van der Waals surface area contributed by atoms with Crippen LogP contribution >= 0.6 is 0 Å². The third-order valence-electron chi connectivity index (χ3n) is 2.30. The molecule has 0 radical (unpaired) electrons. The second kappa shape index (κ2) is 5.21. The fourth-order valence-electron chi connectivity index (χ4n) is 1.45. The summed E-state index contributed by atoms with van der Waals surface area (Å²) < 4.78 is 10.8. The molecule has 4 heteroatoms. The number of anilines is 1. The minimum Gasteiger partial charge on any atom is -0.493 e. The summed E-state index contributed by atoms with van der Waals surface area (Å²) in [6.45, 7) is 0.438. The summed E-state index contributed by atoms with van der Waals surface area (Å²) >= 11 is 0. The number of nitrogens with two attached hydrogens (primary N) is 1. The van der Waals surface area contributed by atoms with Crippen molar-refractivity contribution in [1.29, 1.82) is 0 Å². The molecule has 0 aliphatic rings. The van der Waals surface area contributed by atoms with Crippen molar-refractivity contribution in [3.05, 3.63) is 48.3 Å². The molecule has 2 rings (SSSR count). The lowest BCUT2D eigenvalue weighted by atomic mass is 10.2. The van der Waals surface area contributed by atoms with E-state index in [1.807, 2.05) is 12.1 Å². The number of methoxy groups -OCH3 is 1. The van der Waals surface area contributed by atoms with Crippen molar-refractivity contribution in [3.8, 4) is 11.5 Å². The zero-order valence-corrected chi connectivity index (χ0v) is 9.59. The van der Waals surface area contributed by atoms with Gasteiger partial charge in [-0.3, -0.25) is 4.98 Å². The van der Waals surface area contributed by atoms with Gasteiger partial charge in [0, 0.05) is 29.7 Å². The van der Waals surface area contributed by atoms with Crippen molar-refractivity contribution in [1.82, 2.24) is 4.98 Å². The normalized spacial score (nSPS) is 9.94. The molecule has 0 unspecified atom stereocenters. The van der Waals surface area contributed by atoms with Gasteiger partial charge in [0.15, 0.2) is 11.5 Å². The van der Waals surface area contributed by atoms with Gasteiger partial charge < -0.3 is 15.2 Å². The molecule has 1 heterocycles. The summed E-state index contributed by atoms with van der Waals surface area (Å²) in [5.41, 5.74) is 7.35. The van der Waals surface area contributed by atoms with E-state index in [2.05, 4.69) is 4.98 Å². The van der Waals surface area contributed by atoms with Gasteiger partial charge in [0.05, 0.1) is 7.11 Å². The zero-order chi connectivity index (χ0) is 12.1. The molecule has 1 aromatic carbocycles. The number of pyridine rings is 1. The molecule has 0 bridgehead atoms. The monoisotopic (exact) mass is 230 g/mol.